The monoisotopic (exact) mass is 370 g/mol. The third kappa shape index (κ3) is 3.02. The Hall–Kier alpha value is -2.24. The van der Waals surface area contributed by atoms with E-state index >= 15 is 0 Å². The zero-order valence-corrected chi connectivity index (χ0v) is 16.1. The van der Waals surface area contributed by atoms with Gasteiger partial charge in [-0.05, 0) is 50.4 Å². The summed E-state index contributed by atoms with van der Waals surface area (Å²) in [4.78, 5) is 9.52. The Labute approximate surface area is 158 Å². The summed E-state index contributed by atoms with van der Waals surface area (Å²) in [6.45, 7) is 6.29. The largest absolute Gasteiger partial charge is 0.495 e. The topological polar surface area (TPSA) is 33.5 Å². The molecule has 1 saturated heterocycles. The highest BCUT2D eigenvalue weighted by Crippen LogP contribution is 2.31. The second kappa shape index (κ2) is 6.82. The molecule has 0 radical (unpaired) electrons. The summed E-state index contributed by atoms with van der Waals surface area (Å²) in [5.41, 5.74) is 4.32. The smallest absolute Gasteiger partial charge is 0.137 e. The van der Waals surface area contributed by atoms with Gasteiger partial charge in [0.2, 0.25) is 0 Å². The summed E-state index contributed by atoms with van der Waals surface area (Å²) in [5.74, 6) is 1.62. The number of ether oxygens (including phenoxy) is 1. The van der Waals surface area contributed by atoms with Gasteiger partial charge in [0.15, 0.2) is 0 Å². The summed E-state index contributed by atoms with van der Waals surface area (Å²) in [7, 11) is 3.80. The van der Waals surface area contributed by atoms with Crippen LogP contribution in [-0.2, 0) is 0 Å². The average molecular weight is 371 g/mol. The molecule has 0 atom stereocenters. The molecule has 0 spiro atoms. The molecule has 3 aromatic rings. The second-order valence-electron chi connectivity index (χ2n) is 6.78. The Balaban J connectivity index is 1.78. The molecule has 26 heavy (non-hydrogen) atoms. The predicted octanol–water partition coefficient (Wildman–Crippen LogP) is 3.75. The van der Waals surface area contributed by atoms with E-state index in [2.05, 4.69) is 39.6 Å². The highest BCUT2D eigenvalue weighted by molar-refractivity contribution is 6.32. The van der Waals surface area contributed by atoms with E-state index in [4.69, 9.17) is 21.3 Å². The van der Waals surface area contributed by atoms with E-state index in [-0.39, 0.29) is 0 Å². The van der Waals surface area contributed by atoms with Crippen LogP contribution >= 0.6 is 11.6 Å². The SMILES string of the molecule is COc1ccc(-n2c(C)nc3ccc(N4CCN(C)CC4)cc32)cc1Cl. The third-order valence-corrected chi connectivity index (χ3v) is 5.36. The fourth-order valence-electron chi connectivity index (χ4n) is 3.57. The number of piperazine rings is 1. The molecule has 0 unspecified atom stereocenters. The predicted molar refractivity (Wildman–Crippen MR) is 107 cm³/mol. The van der Waals surface area contributed by atoms with Crippen LogP contribution in [0.15, 0.2) is 36.4 Å². The number of rotatable bonds is 3. The van der Waals surface area contributed by atoms with Crippen molar-refractivity contribution in [2.45, 2.75) is 6.92 Å². The summed E-state index contributed by atoms with van der Waals surface area (Å²) in [6.07, 6.45) is 0. The van der Waals surface area contributed by atoms with Crippen LogP contribution in [0.2, 0.25) is 5.02 Å². The highest BCUT2D eigenvalue weighted by atomic mass is 35.5. The van der Waals surface area contributed by atoms with Crippen molar-refractivity contribution in [1.29, 1.82) is 0 Å². The minimum absolute atomic E-state index is 0.599. The van der Waals surface area contributed by atoms with E-state index in [9.17, 15) is 0 Å². The van der Waals surface area contributed by atoms with Crippen LogP contribution in [0.1, 0.15) is 5.82 Å². The molecule has 0 aliphatic carbocycles. The van der Waals surface area contributed by atoms with Gasteiger partial charge in [-0.3, -0.25) is 4.57 Å². The third-order valence-electron chi connectivity index (χ3n) is 5.07. The Morgan fingerprint density at radius 2 is 1.73 bits per heavy atom. The molecule has 0 N–H and O–H groups in total. The van der Waals surface area contributed by atoms with Gasteiger partial charge in [-0.15, -0.1) is 0 Å². The van der Waals surface area contributed by atoms with Gasteiger partial charge in [0.05, 0.1) is 23.2 Å². The van der Waals surface area contributed by atoms with Crippen LogP contribution < -0.4 is 9.64 Å². The number of aromatic nitrogens is 2. The molecule has 5 nitrogen and oxygen atoms in total. The Morgan fingerprint density at radius 1 is 1.00 bits per heavy atom. The van der Waals surface area contributed by atoms with Crippen LogP contribution in [0, 0.1) is 6.92 Å². The lowest BCUT2D eigenvalue weighted by Gasteiger charge is -2.34. The molecule has 2 aromatic carbocycles. The van der Waals surface area contributed by atoms with Gasteiger partial charge in [0.25, 0.3) is 0 Å². The summed E-state index contributed by atoms with van der Waals surface area (Å²) in [6, 6.07) is 12.4. The second-order valence-corrected chi connectivity index (χ2v) is 7.18. The Bertz CT molecular complexity index is 944. The van der Waals surface area contributed by atoms with Crippen LogP contribution in [0.25, 0.3) is 16.7 Å². The molecule has 1 aliphatic rings. The van der Waals surface area contributed by atoms with Crippen LogP contribution in [0.4, 0.5) is 5.69 Å². The first-order valence-electron chi connectivity index (χ1n) is 8.83. The van der Waals surface area contributed by atoms with Crippen LogP contribution in [0.5, 0.6) is 5.75 Å². The lowest BCUT2D eigenvalue weighted by molar-refractivity contribution is 0.313. The maximum Gasteiger partial charge on any atom is 0.137 e. The molecule has 1 aliphatic heterocycles. The molecule has 0 saturated carbocycles. The first-order chi connectivity index (χ1) is 12.6. The summed E-state index contributed by atoms with van der Waals surface area (Å²) in [5, 5.41) is 0.599. The number of fused-ring (bicyclic) bond motifs is 1. The zero-order valence-electron chi connectivity index (χ0n) is 15.4. The number of imidazole rings is 1. The fraction of sp³-hybridized carbons (Fsp3) is 0.350. The lowest BCUT2D eigenvalue weighted by atomic mass is 10.2. The minimum Gasteiger partial charge on any atom is -0.495 e. The van der Waals surface area contributed by atoms with Crippen molar-refractivity contribution in [3.63, 3.8) is 0 Å². The Morgan fingerprint density at radius 3 is 2.42 bits per heavy atom. The standard InChI is InChI=1S/C20H23ClN4O/c1-14-22-18-6-4-15(24-10-8-23(2)9-11-24)13-19(18)25(14)16-5-7-20(26-3)17(21)12-16/h4-7,12-13H,8-11H2,1-3H3. The van der Waals surface area contributed by atoms with E-state index in [1.165, 1.54) is 5.69 Å². The van der Waals surface area contributed by atoms with Gasteiger partial charge < -0.3 is 14.5 Å². The fourth-order valence-corrected chi connectivity index (χ4v) is 3.82. The maximum atomic E-state index is 6.35. The molecule has 0 amide bonds. The van der Waals surface area contributed by atoms with Crippen molar-refractivity contribution in [3.8, 4) is 11.4 Å². The average Bonchev–Trinajstić information content (AvgIpc) is 2.97. The maximum absolute atomic E-state index is 6.35. The van der Waals surface area contributed by atoms with Crippen LogP contribution in [-0.4, -0.2) is 54.8 Å². The molecule has 0 bridgehead atoms. The van der Waals surface area contributed by atoms with Crippen LogP contribution in [0.3, 0.4) is 0 Å². The van der Waals surface area contributed by atoms with Crippen molar-refractivity contribution in [2.24, 2.45) is 0 Å². The van der Waals surface area contributed by atoms with Gasteiger partial charge in [-0.25, -0.2) is 4.98 Å². The van der Waals surface area contributed by atoms with Crippen molar-refractivity contribution in [3.05, 3.63) is 47.2 Å². The molecule has 1 aromatic heterocycles. The number of benzene rings is 2. The van der Waals surface area contributed by atoms with Gasteiger partial charge >= 0.3 is 0 Å². The zero-order chi connectivity index (χ0) is 18.3. The normalized spacial score (nSPS) is 15.6. The highest BCUT2D eigenvalue weighted by Gasteiger charge is 2.17. The molecule has 2 heterocycles. The number of hydrogen-bond acceptors (Lipinski definition) is 4. The first kappa shape index (κ1) is 17.2. The molecule has 6 heteroatoms. The summed E-state index contributed by atoms with van der Waals surface area (Å²) >= 11 is 6.35. The number of likely N-dealkylation sites (N-methyl/N-ethyl adjacent to an activating group) is 1. The summed E-state index contributed by atoms with van der Waals surface area (Å²) < 4.78 is 7.43. The number of methoxy groups -OCH3 is 1. The van der Waals surface area contributed by atoms with Gasteiger partial charge in [0.1, 0.15) is 11.6 Å². The van der Waals surface area contributed by atoms with E-state index in [0.717, 1.165) is 48.7 Å². The van der Waals surface area contributed by atoms with E-state index in [1.54, 1.807) is 7.11 Å². The quantitative estimate of drug-likeness (QED) is 0.703. The Kier molecular flexibility index (Phi) is 4.51. The van der Waals surface area contributed by atoms with Crippen molar-refractivity contribution < 1.29 is 4.74 Å². The molecular weight excluding hydrogens is 348 g/mol. The van der Waals surface area contributed by atoms with E-state index in [0.29, 0.717) is 10.8 Å². The van der Waals surface area contributed by atoms with Crippen molar-refractivity contribution in [2.75, 3.05) is 45.2 Å². The molecule has 4 rings (SSSR count). The number of nitrogens with zero attached hydrogens (tertiary/aromatic N) is 4. The molecule has 1 fully saturated rings. The molecule has 136 valence electrons. The number of anilines is 1. The lowest BCUT2D eigenvalue weighted by Crippen LogP contribution is -2.44. The first-order valence-corrected chi connectivity index (χ1v) is 9.21. The minimum atomic E-state index is 0.599. The molecular formula is C20H23ClN4O. The van der Waals surface area contributed by atoms with Crippen molar-refractivity contribution >= 4 is 28.3 Å². The number of hydrogen-bond donors (Lipinski definition) is 0. The van der Waals surface area contributed by atoms with E-state index < -0.39 is 0 Å². The van der Waals surface area contributed by atoms with Gasteiger partial charge in [-0.1, -0.05) is 11.6 Å². The number of aryl methyl sites for hydroxylation is 1. The van der Waals surface area contributed by atoms with E-state index in [1.807, 2.05) is 25.1 Å². The van der Waals surface area contributed by atoms with Crippen molar-refractivity contribution in [1.82, 2.24) is 14.5 Å². The van der Waals surface area contributed by atoms with Gasteiger partial charge in [-0.2, -0.15) is 0 Å². The number of halogens is 1. The van der Waals surface area contributed by atoms with Gasteiger partial charge in [0, 0.05) is 37.6 Å².